The van der Waals surface area contributed by atoms with Gasteiger partial charge in [0.05, 0.1) is 6.10 Å². The van der Waals surface area contributed by atoms with Crippen molar-refractivity contribution in [3.8, 4) is 11.5 Å². The predicted molar refractivity (Wildman–Crippen MR) is 137 cm³/mol. The van der Waals surface area contributed by atoms with Crippen molar-refractivity contribution in [1.29, 1.82) is 0 Å². The molecule has 0 radical (unpaired) electrons. The number of piperidine rings is 1. The van der Waals surface area contributed by atoms with Gasteiger partial charge in [0.15, 0.2) is 0 Å². The van der Waals surface area contributed by atoms with Crippen molar-refractivity contribution in [1.82, 2.24) is 9.80 Å². The average molecular weight is 491 g/mol. The van der Waals surface area contributed by atoms with E-state index in [9.17, 15) is 10.2 Å². The highest BCUT2D eigenvalue weighted by molar-refractivity contribution is 6.30. The van der Waals surface area contributed by atoms with Gasteiger partial charge in [-0.15, -0.1) is 0 Å². The SMILES string of the molecule is CC(C)N(CCOc1ccc(CN2CC[C@H](O)[C@@](O)(COc3cccc(Cl)c3)C2)cc1)C(C)C. The molecular weight excluding hydrogens is 452 g/mol. The fourth-order valence-electron chi connectivity index (χ4n) is 4.52. The topological polar surface area (TPSA) is 65.4 Å². The Morgan fingerprint density at radius 3 is 2.41 bits per heavy atom. The summed E-state index contributed by atoms with van der Waals surface area (Å²) in [7, 11) is 0. The molecule has 2 aromatic rings. The van der Waals surface area contributed by atoms with E-state index in [1.807, 2.05) is 12.1 Å². The standard InChI is InChI=1S/C27H39ClN2O4/c1-20(2)30(21(3)4)14-15-33-24-10-8-22(9-11-24)17-29-13-12-26(31)27(32,18-29)19-34-25-7-5-6-23(28)16-25/h5-11,16,20-21,26,31-32H,12-15,17-19H2,1-4H3/t26-,27-/m0/s1. The van der Waals surface area contributed by atoms with Crippen molar-refractivity contribution in [2.24, 2.45) is 0 Å². The predicted octanol–water partition coefficient (Wildman–Crippen LogP) is 4.21. The zero-order valence-electron chi connectivity index (χ0n) is 20.8. The summed E-state index contributed by atoms with van der Waals surface area (Å²) in [6, 6.07) is 16.1. The van der Waals surface area contributed by atoms with E-state index in [1.165, 1.54) is 0 Å². The van der Waals surface area contributed by atoms with Gasteiger partial charge < -0.3 is 19.7 Å². The summed E-state index contributed by atoms with van der Waals surface area (Å²) in [4.78, 5) is 4.56. The van der Waals surface area contributed by atoms with Crippen molar-refractivity contribution >= 4 is 11.6 Å². The molecule has 2 aromatic carbocycles. The fourth-order valence-corrected chi connectivity index (χ4v) is 4.70. The van der Waals surface area contributed by atoms with Gasteiger partial charge in [0.25, 0.3) is 0 Å². The molecule has 34 heavy (non-hydrogen) atoms. The molecule has 2 atom stereocenters. The lowest BCUT2D eigenvalue weighted by atomic mass is 9.90. The molecular formula is C27H39ClN2O4. The highest BCUT2D eigenvalue weighted by Gasteiger charge is 2.42. The summed E-state index contributed by atoms with van der Waals surface area (Å²) in [5.41, 5.74) is -0.213. The number of rotatable bonds is 11. The Morgan fingerprint density at radius 1 is 1.06 bits per heavy atom. The van der Waals surface area contributed by atoms with E-state index < -0.39 is 11.7 Å². The van der Waals surface area contributed by atoms with Gasteiger partial charge in [0.2, 0.25) is 0 Å². The van der Waals surface area contributed by atoms with E-state index in [2.05, 4.69) is 49.6 Å². The van der Waals surface area contributed by atoms with Crippen LogP contribution in [-0.4, -0.2) is 76.6 Å². The van der Waals surface area contributed by atoms with E-state index in [4.69, 9.17) is 21.1 Å². The minimum absolute atomic E-state index is 0.00155. The molecule has 0 saturated carbocycles. The van der Waals surface area contributed by atoms with Crippen LogP contribution in [0.25, 0.3) is 0 Å². The third-order valence-corrected chi connectivity index (χ3v) is 6.63. The third kappa shape index (κ3) is 7.59. The molecule has 6 nitrogen and oxygen atoms in total. The van der Waals surface area contributed by atoms with Crippen LogP contribution < -0.4 is 9.47 Å². The van der Waals surface area contributed by atoms with Gasteiger partial charge >= 0.3 is 0 Å². The number of hydrogen-bond acceptors (Lipinski definition) is 6. The zero-order chi connectivity index (χ0) is 24.7. The van der Waals surface area contributed by atoms with Crippen molar-refractivity contribution in [2.75, 3.05) is 32.8 Å². The highest BCUT2D eigenvalue weighted by Crippen LogP contribution is 2.26. The molecule has 1 fully saturated rings. The first kappa shape index (κ1) is 26.8. The molecule has 1 aliphatic heterocycles. The lowest BCUT2D eigenvalue weighted by molar-refractivity contribution is -0.140. The Balaban J connectivity index is 1.50. The molecule has 7 heteroatoms. The second-order valence-corrected chi connectivity index (χ2v) is 10.2. The number of aliphatic hydroxyl groups is 2. The van der Waals surface area contributed by atoms with Crippen molar-refractivity contribution in [3.63, 3.8) is 0 Å². The van der Waals surface area contributed by atoms with Gasteiger partial charge in [0, 0.05) is 43.3 Å². The van der Waals surface area contributed by atoms with E-state index in [-0.39, 0.29) is 6.61 Å². The molecule has 0 bridgehead atoms. The minimum Gasteiger partial charge on any atom is -0.492 e. The van der Waals surface area contributed by atoms with Crippen molar-refractivity contribution in [2.45, 2.75) is 64.4 Å². The molecule has 0 amide bonds. The second kappa shape index (κ2) is 12.2. The van der Waals surface area contributed by atoms with Gasteiger partial charge in [-0.25, -0.2) is 0 Å². The van der Waals surface area contributed by atoms with E-state index in [1.54, 1.807) is 24.3 Å². The first-order valence-electron chi connectivity index (χ1n) is 12.1. The number of aliphatic hydroxyl groups excluding tert-OH is 1. The summed E-state index contributed by atoms with van der Waals surface area (Å²) in [6.45, 7) is 12.1. The van der Waals surface area contributed by atoms with E-state index >= 15 is 0 Å². The summed E-state index contributed by atoms with van der Waals surface area (Å²) >= 11 is 6.01. The Kier molecular flexibility index (Phi) is 9.63. The molecule has 188 valence electrons. The summed E-state index contributed by atoms with van der Waals surface area (Å²) in [5.74, 6) is 1.43. The van der Waals surface area contributed by atoms with Gasteiger partial charge in [-0.05, 0) is 70.0 Å². The lowest BCUT2D eigenvalue weighted by Gasteiger charge is -2.42. The maximum Gasteiger partial charge on any atom is 0.137 e. The summed E-state index contributed by atoms with van der Waals surface area (Å²) in [6.07, 6.45) is -0.353. The number of benzene rings is 2. The first-order chi connectivity index (χ1) is 16.2. The Hall–Kier alpha value is -1.83. The van der Waals surface area contributed by atoms with Gasteiger partial charge in [-0.2, -0.15) is 0 Å². The average Bonchev–Trinajstić information content (AvgIpc) is 2.78. The molecule has 1 heterocycles. The van der Waals surface area contributed by atoms with Gasteiger partial charge in [-0.1, -0.05) is 29.8 Å². The van der Waals surface area contributed by atoms with Crippen LogP contribution in [0.3, 0.4) is 0 Å². The number of hydrogen-bond donors (Lipinski definition) is 2. The van der Waals surface area contributed by atoms with Gasteiger partial charge in [0.1, 0.15) is 30.3 Å². The van der Waals surface area contributed by atoms with Crippen molar-refractivity contribution in [3.05, 3.63) is 59.1 Å². The number of nitrogens with zero attached hydrogens (tertiary/aromatic N) is 2. The third-order valence-electron chi connectivity index (χ3n) is 6.40. The number of halogens is 1. The lowest BCUT2D eigenvalue weighted by Crippen LogP contribution is -2.59. The van der Waals surface area contributed by atoms with Crippen LogP contribution in [0.2, 0.25) is 5.02 Å². The number of likely N-dealkylation sites (tertiary alicyclic amines) is 1. The molecule has 0 aliphatic carbocycles. The van der Waals surface area contributed by atoms with E-state index in [0.717, 1.165) is 17.9 Å². The normalized spacial score (nSPS) is 21.4. The first-order valence-corrected chi connectivity index (χ1v) is 12.5. The molecule has 0 unspecified atom stereocenters. The quantitative estimate of drug-likeness (QED) is 0.492. The van der Waals surface area contributed by atoms with Crippen LogP contribution in [0.15, 0.2) is 48.5 Å². The summed E-state index contributed by atoms with van der Waals surface area (Å²) < 4.78 is 11.7. The molecule has 0 aromatic heterocycles. The van der Waals surface area contributed by atoms with E-state index in [0.29, 0.717) is 55.5 Å². The summed E-state index contributed by atoms with van der Waals surface area (Å²) in [5, 5.41) is 22.1. The molecule has 3 rings (SSSR count). The Labute approximate surface area is 209 Å². The van der Waals surface area contributed by atoms with Crippen LogP contribution >= 0.6 is 11.6 Å². The zero-order valence-corrected chi connectivity index (χ0v) is 21.5. The Bertz CT molecular complexity index is 884. The van der Waals surface area contributed by atoms with Crippen LogP contribution in [0, 0.1) is 0 Å². The smallest absolute Gasteiger partial charge is 0.137 e. The van der Waals surface area contributed by atoms with Crippen molar-refractivity contribution < 1.29 is 19.7 Å². The minimum atomic E-state index is -1.34. The molecule has 2 N–H and O–H groups in total. The maximum atomic E-state index is 11.1. The number of ether oxygens (including phenoxy) is 2. The van der Waals surface area contributed by atoms with Gasteiger partial charge in [-0.3, -0.25) is 9.80 Å². The Morgan fingerprint density at radius 2 is 1.76 bits per heavy atom. The number of β-amino-alcohol motifs (C(OH)–C–C–N with tert-alkyl or cyclic N) is 1. The molecule has 1 saturated heterocycles. The van der Waals surface area contributed by atoms with Crippen LogP contribution in [0.1, 0.15) is 39.7 Å². The van der Waals surface area contributed by atoms with Crippen LogP contribution in [-0.2, 0) is 6.54 Å². The largest absolute Gasteiger partial charge is 0.492 e. The monoisotopic (exact) mass is 490 g/mol. The fraction of sp³-hybridized carbons (Fsp3) is 0.556. The maximum absolute atomic E-state index is 11.1. The molecule has 1 aliphatic rings. The highest BCUT2D eigenvalue weighted by atomic mass is 35.5. The van der Waals surface area contributed by atoms with Crippen LogP contribution in [0.5, 0.6) is 11.5 Å². The van der Waals surface area contributed by atoms with Crippen LogP contribution in [0.4, 0.5) is 0 Å². The molecule has 0 spiro atoms. The second-order valence-electron chi connectivity index (χ2n) is 9.78.